The molecule has 0 aromatic heterocycles. The zero-order chi connectivity index (χ0) is 14.8. The molecule has 0 amide bonds. The van der Waals surface area contributed by atoms with Gasteiger partial charge in [-0.25, -0.2) is 8.42 Å². The molecule has 0 saturated carbocycles. The minimum atomic E-state index is -3.84. The van der Waals surface area contributed by atoms with Gasteiger partial charge in [0, 0.05) is 28.2 Å². The van der Waals surface area contributed by atoms with Gasteiger partial charge in [-0.3, -0.25) is 0 Å². The minimum absolute atomic E-state index is 0.00150. The summed E-state index contributed by atoms with van der Waals surface area (Å²) in [5.74, 6) is 0.321. The van der Waals surface area contributed by atoms with Gasteiger partial charge in [-0.15, -0.1) is 0 Å². The SMILES string of the molecule is Cc1cc(Br)cc(S(=O)(=O)Cl)c1OCCC1CCCO1. The fourth-order valence-corrected chi connectivity index (χ4v) is 4.01. The summed E-state index contributed by atoms with van der Waals surface area (Å²) in [4.78, 5) is -0.00150. The first-order chi connectivity index (χ1) is 9.38. The van der Waals surface area contributed by atoms with Crippen molar-refractivity contribution >= 4 is 35.7 Å². The summed E-state index contributed by atoms with van der Waals surface area (Å²) in [6.07, 6.45) is 3.06. The average Bonchev–Trinajstić information content (AvgIpc) is 2.83. The van der Waals surface area contributed by atoms with Gasteiger partial charge in [0.15, 0.2) is 0 Å². The van der Waals surface area contributed by atoms with Gasteiger partial charge in [0.25, 0.3) is 9.05 Å². The lowest BCUT2D eigenvalue weighted by Gasteiger charge is -2.15. The quantitative estimate of drug-likeness (QED) is 0.729. The zero-order valence-electron chi connectivity index (χ0n) is 11.1. The van der Waals surface area contributed by atoms with E-state index in [0.29, 0.717) is 16.8 Å². The molecule has 1 atom stereocenters. The molecule has 0 spiro atoms. The van der Waals surface area contributed by atoms with Gasteiger partial charge in [-0.1, -0.05) is 15.9 Å². The van der Waals surface area contributed by atoms with Crippen LogP contribution in [0.2, 0.25) is 0 Å². The van der Waals surface area contributed by atoms with E-state index in [1.54, 1.807) is 13.0 Å². The molecule has 0 N–H and O–H groups in total. The molecule has 0 aliphatic carbocycles. The van der Waals surface area contributed by atoms with Crippen LogP contribution >= 0.6 is 26.6 Å². The third-order valence-corrected chi connectivity index (χ3v) is 4.96. The highest BCUT2D eigenvalue weighted by atomic mass is 79.9. The van der Waals surface area contributed by atoms with E-state index in [9.17, 15) is 8.42 Å². The first kappa shape index (κ1) is 16.1. The van der Waals surface area contributed by atoms with Gasteiger partial charge in [0.2, 0.25) is 0 Å². The summed E-state index contributed by atoms with van der Waals surface area (Å²) in [5, 5.41) is 0. The lowest BCUT2D eigenvalue weighted by molar-refractivity contribution is 0.0898. The first-order valence-corrected chi connectivity index (χ1v) is 9.47. The van der Waals surface area contributed by atoms with Gasteiger partial charge in [0.1, 0.15) is 10.6 Å². The maximum atomic E-state index is 11.6. The predicted octanol–water partition coefficient (Wildman–Crippen LogP) is 3.63. The van der Waals surface area contributed by atoms with Crippen LogP contribution in [0.25, 0.3) is 0 Å². The van der Waals surface area contributed by atoms with E-state index in [-0.39, 0.29) is 11.0 Å². The lowest BCUT2D eigenvalue weighted by atomic mass is 10.2. The molecule has 1 aliphatic heterocycles. The molecular formula is C13H16BrClO4S. The minimum Gasteiger partial charge on any atom is -0.492 e. The van der Waals surface area contributed by atoms with Crippen LogP contribution in [0.15, 0.2) is 21.5 Å². The molecule has 1 aliphatic rings. The summed E-state index contributed by atoms with van der Waals surface area (Å²) >= 11 is 3.26. The molecule has 1 heterocycles. The number of benzene rings is 1. The molecule has 1 aromatic rings. The van der Waals surface area contributed by atoms with E-state index >= 15 is 0 Å². The van der Waals surface area contributed by atoms with Crippen molar-refractivity contribution in [2.24, 2.45) is 0 Å². The Balaban J connectivity index is 2.13. The van der Waals surface area contributed by atoms with Crippen molar-refractivity contribution in [1.29, 1.82) is 0 Å². The molecule has 1 aromatic carbocycles. The molecule has 1 saturated heterocycles. The second kappa shape index (κ2) is 6.64. The van der Waals surface area contributed by atoms with Crippen LogP contribution in [0.1, 0.15) is 24.8 Å². The molecule has 1 fully saturated rings. The van der Waals surface area contributed by atoms with E-state index in [0.717, 1.165) is 31.4 Å². The van der Waals surface area contributed by atoms with Crippen molar-refractivity contribution < 1.29 is 17.9 Å². The number of hydrogen-bond donors (Lipinski definition) is 0. The molecule has 4 nitrogen and oxygen atoms in total. The molecular weight excluding hydrogens is 368 g/mol. The van der Waals surface area contributed by atoms with Gasteiger partial charge in [-0.2, -0.15) is 0 Å². The van der Waals surface area contributed by atoms with Crippen molar-refractivity contribution in [3.63, 3.8) is 0 Å². The summed E-state index contributed by atoms with van der Waals surface area (Å²) in [6, 6.07) is 3.25. The predicted molar refractivity (Wildman–Crippen MR) is 81.0 cm³/mol. The Morgan fingerprint density at radius 2 is 2.25 bits per heavy atom. The first-order valence-electron chi connectivity index (χ1n) is 6.37. The number of halogens is 2. The topological polar surface area (TPSA) is 52.6 Å². The summed E-state index contributed by atoms with van der Waals surface area (Å²) < 4.78 is 35.0. The fourth-order valence-electron chi connectivity index (χ4n) is 2.23. The third-order valence-electron chi connectivity index (χ3n) is 3.18. The molecule has 0 radical (unpaired) electrons. The molecule has 112 valence electrons. The van der Waals surface area contributed by atoms with Crippen LogP contribution < -0.4 is 4.74 Å². The van der Waals surface area contributed by atoms with E-state index in [1.807, 2.05) is 0 Å². The maximum absolute atomic E-state index is 11.6. The Morgan fingerprint density at radius 3 is 2.85 bits per heavy atom. The van der Waals surface area contributed by atoms with Crippen LogP contribution in [0, 0.1) is 6.92 Å². The van der Waals surface area contributed by atoms with Gasteiger partial charge in [0.05, 0.1) is 12.7 Å². The Kier molecular flexibility index (Phi) is 5.34. The van der Waals surface area contributed by atoms with Crippen LogP contribution in [0.4, 0.5) is 0 Å². The fraction of sp³-hybridized carbons (Fsp3) is 0.538. The number of aryl methyl sites for hydroxylation is 1. The van der Waals surface area contributed by atoms with Crippen LogP contribution in [0.5, 0.6) is 5.75 Å². The monoisotopic (exact) mass is 382 g/mol. The highest BCUT2D eigenvalue weighted by molar-refractivity contribution is 9.10. The Labute approximate surface area is 132 Å². The maximum Gasteiger partial charge on any atom is 0.265 e. The number of ether oxygens (including phenoxy) is 2. The van der Waals surface area contributed by atoms with Crippen molar-refractivity contribution in [2.45, 2.75) is 37.2 Å². The normalized spacial score (nSPS) is 19.2. The van der Waals surface area contributed by atoms with Crippen molar-refractivity contribution in [3.8, 4) is 5.75 Å². The molecule has 1 unspecified atom stereocenters. The van der Waals surface area contributed by atoms with Crippen LogP contribution in [-0.2, 0) is 13.8 Å². The number of hydrogen-bond acceptors (Lipinski definition) is 4. The second-order valence-corrected chi connectivity index (χ2v) is 8.21. The van der Waals surface area contributed by atoms with Crippen molar-refractivity contribution in [3.05, 3.63) is 22.2 Å². The molecule has 7 heteroatoms. The van der Waals surface area contributed by atoms with Gasteiger partial charge in [-0.05, 0) is 37.5 Å². The Bertz CT molecular complexity index is 582. The Hall–Kier alpha value is -0.300. The zero-order valence-corrected chi connectivity index (χ0v) is 14.2. The second-order valence-electron chi connectivity index (χ2n) is 4.76. The van der Waals surface area contributed by atoms with E-state index in [1.165, 1.54) is 6.07 Å². The van der Waals surface area contributed by atoms with Crippen LogP contribution in [0.3, 0.4) is 0 Å². The third kappa shape index (κ3) is 4.10. The number of rotatable bonds is 5. The van der Waals surface area contributed by atoms with Gasteiger partial charge < -0.3 is 9.47 Å². The smallest absolute Gasteiger partial charge is 0.265 e. The lowest BCUT2D eigenvalue weighted by Crippen LogP contribution is -2.12. The van der Waals surface area contributed by atoms with Crippen molar-refractivity contribution in [1.82, 2.24) is 0 Å². The summed E-state index contributed by atoms with van der Waals surface area (Å²) in [7, 11) is 1.62. The molecule has 0 bridgehead atoms. The van der Waals surface area contributed by atoms with Gasteiger partial charge >= 0.3 is 0 Å². The standard InChI is InChI=1S/C13H16BrClO4S/c1-9-7-10(14)8-12(20(15,16)17)13(9)19-6-4-11-3-2-5-18-11/h7-8,11H,2-6H2,1H3. The highest BCUT2D eigenvalue weighted by Gasteiger charge is 2.21. The molecule has 20 heavy (non-hydrogen) atoms. The van der Waals surface area contributed by atoms with E-state index < -0.39 is 9.05 Å². The summed E-state index contributed by atoms with van der Waals surface area (Å²) in [5.41, 5.74) is 0.728. The van der Waals surface area contributed by atoms with E-state index in [4.69, 9.17) is 20.2 Å². The Morgan fingerprint density at radius 1 is 1.50 bits per heavy atom. The molecule has 2 rings (SSSR count). The summed E-state index contributed by atoms with van der Waals surface area (Å²) in [6.45, 7) is 2.99. The van der Waals surface area contributed by atoms with Crippen LogP contribution in [-0.4, -0.2) is 27.7 Å². The largest absolute Gasteiger partial charge is 0.492 e. The van der Waals surface area contributed by atoms with Crippen molar-refractivity contribution in [2.75, 3.05) is 13.2 Å². The highest BCUT2D eigenvalue weighted by Crippen LogP contribution is 2.34. The average molecular weight is 384 g/mol. The van der Waals surface area contributed by atoms with E-state index in [2.05, 4.69) is 15.9 Å².